The molecular weight excluding hydrogens is 515 g/mol. The van der Waals surface area contributed by atoms with Gasteiger partial charge in [-0.25, -0.2) is 22.9 Å². The van der Waals surface area contributed by atoms with Gasteiger partial charge in [-0.3, -0.25) is 9.69 Å². The lowest BCUT2D eigenvalue weighted by Crippen LogP contribution is -2.57. The van der Waals surface area contributed by atoms with E-state index in [1.54, 1.807) is 6.07 Å². The number of hydrogen-bond donors (Lipinski definition) is 1. The van der Waals surface area contributed by atoms with Gasteiger partial charge in [0.15, 0.2) is 11.6 Å². The number of ether oxygens (including phenoxy) is 1. The predicted octanol–water partition coefficient (Wildman–Crippen LogP) is 3.23. The number of likely N-dealkylation sites (tertiary alicyclic amines) is 1. The molecule has 6 rings (SSSR count). The molecule has 2 amide bonds. The van der Waals surface area contributed by atoms with Crippen LogP contribution in [0, 0.1) is 11.6 Å². The minimum absolute atomic E-state index is 0.0000675. The summed E-state index contributed by atoms with van der Waals surface area (Å²) in [4.78, 5) is 36.9. The molecular formula is C27H30F3N5O4. The summed E-state index contributed by atoms with van der Waals surface area (Å²) in [7, 11) is 0. The van der Waals surface area contributed by atoms with E-state index in [2.05, 4.69) is 4.98 Å². The minimum Gasteiger partial charge on any atom is -0.487 e. The molecule has 2 atom stereocenters. The fraction of sp³-hybridized carbons (Fsp3) is 0.519. The second-order valence-electron chi connectivity index (χ2n) is 11.3. The van der Waals surface area contributed by atoms with E-state index in [1.807, 2.05) is 23.6 Å². The van der Waals surface area contributed by atoms with Gasteiger partial charge in [-0.05, 0) is 32.4 Å². The van der Waals surface area contributed by atoms with E-state index in [4.69, 9.17) is 4.74 Å². The molecule has 208 valence electrons. The number of amides is 2. The van der Waals surface area contributed by atoms with E-state index >= 15 is 4.39 Å². The standard InChI is InChI=1S/C27H30F3N5O4/c1-27(2)9-16(33-10-15(28)11-33)13-35(27)24-20-23(21(30)22(31-24)18-5-3-4-6-19(18)29)39-14-17-12-32(26(37)38)7-8-34(17)25(20)36/h3-6,15-17H,7-14H2,1-2H3,(H,37,38)/t16-,17+/m0/s1. The van der Waals surface area contributed by atoms with Crippen molar-refractivity contribution in [3.05, 3.63) is 41.5 Å². The number of piperazine rings is 1. The van der Waals surface area contributed by atoms with Crippen LogP contribution in [-0.4, -0.2) is 106 Å². The van der Waals surface area contributed by atoms with Crippen molar-refractivity contribution in [1.82, 2.24) is 19.7 Å². The molecule has 3 saturated heterocycles. The quantitative estimate of drug-likeness (QED) is 0.634. The summed E-state index contributed by atoms with van der Waals surface area (Å²) in [5.74, 6) is -2.26. The van der Waals surface area contributed by atoms with Gasteiger partial charge in [0.05, 0.1) is 6.04 Å². The third kappa shape index (κ3) is 4.25. The normalized spacial score (nSPS) is 25.1. The smallest absolute Gasteiger partial charge is 0.407 e. The number of aromatic nitrogens is 1. The van der Waals surface area contributed by atoms with Crippen molar-refractivity contribution in [3.63, 3.8) is 0 Å². The maximum Gasteiger partial charge on any atom is 0.407 e. The Labute approximate surface area is 223 Å². The number of carbonyl (C=O) groups is 2. The van der Waals surface area contributed by atoms with Crippen LogP contribution in [0.1, 0.15) is 30.6 Å². The molecule has 9 nitrogen and oxygen atoms in total. The second-order valence-corrected chi connectivity index (χ2v) is 11.3. The molecule has 4 aliphatic heterocycles. The zero-order valence-electron chi connectivity index (χ0n) is 21.7. The topological polar surface area (TPSA) is 89.5 Å². The molecule has 12 heteroatoms. The molecule has 1 aromatic carbocycles. The van der Waals surface area contributed by atoms with Gasteiger partial charge in [-0.1, -0.05) is 12.1 Å². The molecule has 0 unspecified atom stereocenters. The summed E-state index contributed by atoms with van der Waals surface area (Å²) in [5.41, 5.74) is -0.926. The van der Waals surface area contributed by atoms with Crippen molar-refractivity contribution >= 4 is 17.8 Å². The highest BCUT2D eigenvalue weighted by Crippen LogP contribution is 2.45. The number of fused-ring (bicyclic) bond motifs is 2. The van der Waals surface area contributed by atoms with Gasteiger partial charge < -0.3 is 24.5 Å². The minimum atomic E-state index is -1.11. The van der Waals surface area contributed by atoms with Crippen LogP contribution < -0.4 is 9.64 Å². The molecule has 1 aromatic heterocycles. The summed E-state index contributed by atoms with van der Waals surface area (Å²) in [5, 5.41) is 9.47. The highest BCUT2D eigenvalue weighted by Gasteiger charge is 2.48. The van der Waals surface area contributed by atoms with Gasteiger partial charge in [0.1, 0.15) is 35.7 Å². The van der Waals surface area contributed by atoms with Gasteiger partial charge in [-0.2, -0.15) is 0 Å². The van der Waals surface area contributed by atoms with Crippen LogP contribution in [-0.2, 0) is 0 Å². The number of hydrogen-bond acceptors (Lipinski definition) is 6. The fourth-order valence-electron chi connectivity index (χ4n) is 6.23. The second kappa shape index (κ2) is 9.29. The van der Waals surface area contributed by atoms with Crippen LogP contribution in [0.4, 0.5) is 23.8 Å². The van der Waals surface area contributed by atoms with Crippen molar-refractivity contribution in [2.24, 2.45) is 0 Å². The number of pyridine rings is 1. The van der Waals surface area contributed by atoms with Gasteiger partial charge in [-0.15, -0.1) is 0 Å². The highest BCUT2D eigenvalue weighted by molar-refractivity contribution is 6.03. The monoisotopic (exact) mass is 545 g/mol. The lowest BCUT2D eigenvalue weighted by Gasteiger charge is -2.39. The summed E-state index contributed by atoms with van der Waals surface area (Å²) < 4.78 is 50.6. The van der Waals surface area contributed by atoms with E-state index in [-0.39, 0.29) is 60.7 Å². The Hall–Kier alpha value is -3.54. The van der Waals surface area contributed by atoms with Crippen LogP contribution in [0.15, 0.2) is 24.3 Å². The largest absolute Gasteiger partial charge is 0.487 e. The number of anilines is 1. The predicted molar refractivity (Wildman–Crippen MR) is 136 cm³/mol. The van der Waals surface area contributed by atoms with Gasteiger partial charge >= 0.3 is 6.09 Å². The van der Waals surface area contributed by atoms with Crippen molar-refractivity contribution in [2.45, 2.75) is 44.1 Å². The third-order valence-electron chi connectivity index (χ3n) is 8.35. The van der Waals surface area contributed by atoms with E-state index in [1.165, 1.54) is 28.0 Å². The Morgan fingerprint density at radius 3 is 2.54 bits per heavy atom. The maximum absolute atomic E-state index is 16.1. The lowest BCUT2D eigenvalue weighted by atomic mass is 9.97. The van der Waals surface area contributed by atoms with Crippen molar-refractivity contribution in [1.29, 1.82) is 0 Å². The number of rotatable bonds is 3. The number of nitrogens with zero attached hydrogens (tertiary/aromatic N) is 5. The van der Waals surface area contributed by atoms with Crippen LogP contribution >= 0.6 is 0 Å². The Morgan fingerprint density at radius 1 is 1.10 bits per heavy atom. The first kappa shape index (κ1) is 25.7. The first-order valence-electron chi connectivity index (χ1n) is 13.1. The third-order valence-corrected chi connectivity index (χ3v) is 8.35. The first-order chi connectivity index (χ1) is 18.5. The molecule has 3 fully saturated rings. The Morgan fingerprint density at radius 2 is 1.85 bits per heavy atom. The molecule has 0 bridgehead atoms. The molecule has 39 heavy (non-hydrogen) atoms. The summed E-state index contributed by atoms with van der Waals surface area (Å²) in [6.45, 7) is 5.18. The number of alkyl halides is 1. The van der Waals surface area contributed by atoms with Gasteiger partial charge in [0.2, 0.25) is 0 Å². The van der Waals surface area contributed by atoms with Crippen molar-refractivity contribution < 1.29 is 32.6 Å². The van der Waals surface area contributed by atoms with Crippen LogP contribution in [0.5, 0.6) is 5.75 Å². The number of carboxylic acid groups (broad SMARTS) is 1. The Kier molecular flexibility index (Phi) is 6.12. The van der Waals surface area contributed by atoms with E-state index in [9.17, 15) is 23.5 Å². The molecule has 0 saturated carbocycles. The molecule has 0 aliphatic carbocycles. The number of carbonyl (C=O) groups excluding carboxylic acids is 1. The lowest BCUT2D eigenvalue weighted by molar-refractivity contribution is 0.0324. The van der Waals surface area contributed by atoms with Crippen molar-refractivity contribution in [2.75, 3.05) is 50.8 Å². The summed E-state index contributed by atoms with van der Waals surface area (Å²) >= 11 is 0. The van der Waals surface area contributed by atoms with Gasteiger partial charge in [0.25, 0.3) is 5.91 Å². The Balaban J connectivity index is 1.48. The maximum atomic E-state index is 16.1. The average molecular weight is 546 g/mol. The molecule has 5 heterocycles. The zero-order valence-corrected chi connectivity index (χ0v) is 21.7. The molecule has 0 radical (unpaired) electrons. The Bertz CT molecular complexity index is 1330. The number of benzene rings is 1. The highest BCUT2D eigenvalue weighted by atomic mass is 19.1. The van der Waals surface area contributed by atoms with Crippen LogP contribution in [0.25, 0.3) is 11.3 Å². The van der Waals surface area contributed by atoms with Crippen LogP contribution in [0.3, 0.4) is 0 Å². The van der Waals surface area contributed by atoms with Crippen LogP contribution in [0.2, 0.25) is 0 Å². The fourth-order valence-corrected chi connectivity index (χ4v) is 6.23. The average Bonchev–Trinajstić information content (AvgIpc) is 3.11. The van der Waals surface area contributed by atoms with Crippen molar-refractivity contribution in [3.8, 4) is 17.0 Å². The van der Waals surface area contributed by atoms with E-state index < -0.39 is 41.4 Å². The SMILES string of the molecule is CC1(C)C[C@H](N2CC(F)C2)CN1c1nc(-c2ccccc2F)c(F)c2c1C(=O)N1CCN(C(=O)O)C[C@@H]1CO2. The molecule has 1 N–H and O–H groups in total. The van der Waals surface area contributed by atoms with E-state index in [0.29, 0.717) is 26.1 Å². The van der Waals surface area contributed by atoms with Gasteiger partial charge in [0, 0.05) is 56.4 Å². The van der Waals surface area contributed by atoms with E-state index in [0.717, 1.165) is 0 Å². The summed E-state index contributed by atoms with van der Waals surface area (Å²) in [6, 6.07) is 5.07. The molecule has 0 spiro atoms. The number of halogens is 3. The zero-order chi connectivity index (χ0) is 27.6. The molecule has 4 aliphatic rings. The first-order valence-corrected chi connectivity index (χ1v) is 13.1. The molecule has 2 aromatic rings. The summed E-state index contributed by atoms with van der Waals surface area (Å²) in [6.07, 6.45) is -1.31.